The van der Waals surface area contributed by atoms with E-state index in [-0.39, 0.29) is 25.7 Å². The van der Waals surface area contributed by atoms with E-state index < -0.39 is 11.2 Å². The minimum absolute atomic E-state index is 0.0153. The standard InChI is InChI=1S/C26H30N8O3/c1-4-5-11-33-22-23(30-25(33)32-10-6-7-18(27)13-32)31(3)26(37)34(24(22)36)14-21-28-16(2)19-12-17(15-35)8-9-20(19)29-21/h8-9,12,18,35H,6-7,10-11,13-15,27H2,1-3H3. The lowest BCUT2D eigenvalue weighted by atomic mass is 10.1. The number of piperidine rings is 1. The van der Waals surface area contributed by atoms with Crippen LogP contribution < -0.4 is 21.9 Å². The van der Waals surface area contributed by atoms with Gasteiger partial charge < -0.3 is 15.7 Å². The summed E-state index contributed by atoms with van der Waals surface area (Å²) in [5, 5.41) is 10.3. The SMILES string of the molecule is CC#CCn1c(N2CCCC(N)C2)nc2c1c(=O)n(Cc1nc(C)c3cc(CO)ccc3n1)c(=O)n2C. The fraction of sp³-hybridized carbons (Fsp3) is 0.423. The Morgan fingerprint density at radius 2 is 2.00 bits per heavy atom. The third kappa shape index (κ3) is 4.39. The molecular weight excluding hydrogens is 472 g/mol. The number of anilines is 1. The van der Waals surface area contributed by atoms with Gasteiger partial charge >= 0.3 is 5.69 Å². The molecule has 4 heterocycles. The number of hydrogen-bond acceptors (Lipinski definition) is 8. The van der Waals surface area contributed by atoms with Crippen LogP contribution in [0.5, 0.6) is 0 Å². The molecule has 1 unspecified atom stereocenters. The highest BCUT2D eigenvalue weighted by molar-refractivity contribution is 5.81. The van der Waals surface area contributed by atoms with Crippen molar-refractivity contribution in [2.75, 3.05) is 18.0 Å². The molecule has 1 aliphatic heterocycles. The van der Waals surface area contributed by atoms with Crippen LogP contribution in [0.25, 0.3) is 22.1 Å². The summed E-state index contributed by atoms with van der Waals surface area (Å²) < 4.78 is 4.32. The van der Waals surface area contributed by atoms with Gasteiger partial charge in [-0.25, -0.2) is 14.8 Å². The van der Waals surface area contributed by atoms with E-state index in [1.165, 1.54) is 4.57 Å². The molecule has 0 radical (unpaired) electrons. The fourth-order valence-electron chi connectivity index (χ4n) is 4.94. The molecule has 11 heteroatoms. The summed E-state index contributed by atoms with van der Waals surface area (Å²) in [6, 6.07) is 5.45. The lowest BCUT2D eigenvalue weighted by Crippen LogP contribution is -2.44. The van der Waals surface area contributed by atoms with Crippen molar-refractivity contribution >= 4 is 28.0 Å². The van der Waals surface area contributed by atoms with Gasteiger partial charge in [-0.15, -0.1) is 5.92 Å². The molecule has 3 aromatic heterocycles. The molecule has 1 fully saturated rings. The average molecular weight is 503 g/mol. The molecule has 0 aliphatic carbocycles. The zero-order valence-electron chi connectivity index (χ0n) is 21.2. The second-order valence-corrected chi connectivity index (χ2v) is 9.41. The number of hydrogen-bond donors (Lipinski definition) is 2. The monoisotopic (exact) mass is 502 g/mol. The Hall–Kier alpha value is -4.01. The third-order valence-electron chi connectivity index (χ3n) is 6.85. The number of nitrogens with zero attached hydrogens (tertiary/aromatic N) is 7. The molecule has 4 aromatic rings. The first-order valence-corrected chi connectivity index (χ1v) is 12.3. The molecule has 5 rings (SSSR count). The number of aliphatic hydroxyl groups is 1. The molecule has 1 saturated heterocycles. The van der Waals surface area contributed by atoms with Gasteiger partial charge in [-0.3, -0.25) is 18.5 Å². The van der Waals surface area contributed by atoms with Gasteiger partial charge in [0.15, 0.2) is 11.2 Å². The van der Waals surface area contributed by atoms with Crippen molar-refractivity contribution in [2.24, 2.45) is 12.8 Å². The molecule has 0 bridgehead atoms. The highest BCUT2D eigenvalue weighted by Crippen LogP contribution is 2.23. The van der Waals surface area contributed by atoms with Gasteiger partial charge in [0.05, 0.1) is 25.2 Å². The molecule has 1 aliphatic rings. The van der Waals surface area contributed by atoms with Gasteiger partial charge in [0.2, 0.25) is 5.95 Å². The van der Waals surface area contributed by atoms with Crippen LogP contribution in [0.3, 0.4) is 0 Å². The Bertz CT molecular complexity index is 1690. The number of aliphatic hydroxyl groups excluding tert-OH is 1. The van der Waals surface area contributed by atoms with Crippen molar-refractivity contribution in [2.45, 2.75) is 52.4 Å². The summed E-state index contributed by atoms with van der Waals surface area (Å²) in [6.45, 7) is 5.06. The molecule has 192 valence electrons. The van der Waals surface area contributed by atoms with Crippen LogP contribution in [0.15, 0.2) is 27.8 Å². The van der Waals surface area contributed by atoms with E-state index in [0.29, 0.717) is 40.7 Å². The predicted octanol–water partition coefficient (Wildman–Crippen LogP) is 0.640. The largest absolute Gasteiger partial charge is 0.392 e. The minimum Gasteiger partial charge on any atom is -0.392 e. The van der Waals surface area contributed by atoms with Crippen molar-refractivity contribution in [1.29, 1.82) is 0 Å². The number of aromatic nitrogens is 6. The molecule has 1 aromatic carbocycles. The van der Waals surface area contributed by atoms with Gasteiger partial charge in [0.1, 0.15) is 5.82 Å². The maximum absolute atomic E-state index is 13.8. The summed E-state index contributed by atoms with van der Waals surface area (Å²) in [5.74, 6) is 6.87. The smallest absolute Gasteiger partial charge is 0.332 e. The summed E-state index contributed by atoms with van der Waals surface area (Å²) in [6.07, 6.45) is 1.86. The number of imidazole rings is 1. The Morgan fingerprint density at radius 1 is 1.19 bits per heavy atom. The Balaban J connectivity index is 1.66. The van der Waals surface area contributed by atoms with E-state index in [0.717, 1.165) is 34.9 Å². The van der Waals surface area contributed by atoms with Crippen LogP contribution in [-0.2, 0) is 26.7 Å². The van der Waals surface area contributed by atoms with Crippen LogP contribution in [0.1, 0.15) is 36.8 Å². The lowest BCUT2D eigenvalue weighted by molar-refractivity contribution is 0.282. The van der Waals surface area contributed by atoms with Gasteiger partial charge in [-0.05, 0) is 44.4 Å². The highest BCUT2D eigenvalue weighted by Gasteiger charge is 2.26. The first-order valence-electron chi connectivity index (χ1n) is 12.3. The van der Waals surface area contributed by atoms with E-state index in [1.807, 2.05) is 13.0 Å². The van der Waals surface area contributed by atoms with Crippen molar-refractivity contribution < 1.29 is 5.11 Å². The van der Waals surface area contributed by atoms with E-state index in [9.17, 15) is 14.7 Å². The number of nitrogens with two attached hydrogens (primary N) is 1. The molecule has 11 nitrogen and oxygen atoms in total. The van der Waals surface area contributed by atoms with Crippen LogP contribution >= 0.6 is 0 Å². The van der Waals surface area contributed by atoms with Crippen LogP contribution in [0.2, 0.25) is 0 Å². The van der Waals surface area contributed by atoms with Crippen LogP contribution in [0, 0.1) is 18.8 Å². The molecule has 3 N–H and O–H groups in total. The highest BCUT2D eigenvalue weighted by atomic mass is 16.3. The number of benzene rings is 1. The molecule has 1 atom stereocenters. The van der Waals surface area contributed by atoms with E-state index in [1.54, 1.807) is 30.7 Å². The fourth-order valence-corrected chi connectivity index (χ4v) is 4.94. The summed E-state index contributed by atoms with van der Waals surface area (Å²) in [4.78, 5) is 43.1. The number of rotatable bonds is 5. The predicted molar refractivity (Wildman–Crippen MR) is 141 cm³/mol. The Labute approximate surface area is 213 Å². The Morgan fingerprint density at radius 3 is 2.73 bits per heavy atom. The lowest BCUT2D eigenvalue weighted by Gasteiger charge is -2.31. The first-order chi connectivity index (χ1) is 17.8. The first kappa shape index (κ1) is 24.7. The molecule has 0 saturated carbocycles. The van der Waals surface area contributed by atoms with Gasteiger partial charge in [0.25, 0.3) is 5.56 Å². The van der Waals surface area contributed by atoms with E-state index >= 15 is 0 Å². The maximum atomic E-state index is 13.8. The van der Waals surface area contributed by atoms with Gasteiger partial charge in [-0.1, -0.05) is 12.0 Å². The van der Waals surface area contributed by atoms with E-state index in [2.05, 4.69) is 26.7 Å². The van der Waals surface area contributed by atoms with Crippen LogP contribution in [-0.4, -0.2) is 52.9 Å². The van der Waals surface area contributed by atoms with Crippen LogP contribution in [0.4, 0.5) is 5.95 Å². The van der Waals surface area contributed by atoms with Crippen molar-refractivity contribution in [1.82, 2.24) is 28.7 Å². The molecular formula is C26H30N8O3. The molecule has 0 amide bonds. The quantitative estimate of drug-likeness (QED) is 0.380. The zero-order valence-corrected chi connectivity index (χ0v) is 21.2. The van der Waals surface area contributed by atoms with Crippen molar-refractivity contribution in [3.63, 3.8) is 0 Å². The molecule has 0 spiro atoms. The average Bonchev–Trinajstić information content (AvgIpc) is 3.28. The van der Waals surface area contributed by atoms with Crippen molar-refractivity contribution in [3.8, 4) is 11.8 Å². The van der Waals surface area contributed by atoms with Gasteiger partial charge in [0, 0.05) is 37.3 Å². The number of aryl methyl sites for hydroxylation is 2. The summed E-state index contributed by atoms with van der Waals surface area (Å²) >= 11 is 0. The topological polar surface area (TPSA) is 137 Å². The zero-order chi connectivity index (χ0) is 26.3. The summed E-state index contributed by atoms with van der Waals surface area (Å²) in [7, 11) is 1.61. The van der Waals surface area contributed by atoms with E-state index in [4.69, 9.17) is 10.7 Å². The normalized spacial score (nSPS) is 15.8. The Kier molecular flexibility index (Phi) is 6.54. The minimum atomic E-state index is -0.498. The second-order valence-electron chi connectivity index (χ2n) is 9.41. The maximum Gasteiger partial charge on any atom is 0.332 e. The second kappa shape index (κ2) is 9.80. The summed E-state index contributed by atoms with van der Waals surface area (Å²) in [5.41, 5.74) is 8.01. The van der Waals surface area contributed by atoms with Gasteiger partial charge in [-0.2, -0.15) is 4.98 Å². The number of fused-ring (bicyclic) bond motifs is 2. The van der Waals surface area contributed by atoms with Crippen molar-refractivity contribution in [3.05, 3.63) is 56.1 Å². The molecule has 37 heavy (non-hydrogen) atoms. The third-order valence-corrected chi connectivity index (χ3v) is 6.85.